The molecule has 0 bridgehead atoms. The van der Waals surface area contributed by atoms with Gasteiger partial charge in [-0.15, -0.1) is 0 Å². The van der Waals surface area contributed by atoms with Crippen LogP contribution in [0.15, 0.2) is 77.9 Å². The van der Waals surface area contributed by atoms with Crippen molar-refractivity contribution in [3.05, 3.63) is 94.5 Å². The number of nitriles is 1. The largest absolute Gasteiger partial charge is 0.489 e. The van der Waals surface area contributed by atoms with Crippen LogP contribution < -0.4 is 10.3 Å². The summed E-state index contributed by atoms with van der Waals surface area (Å²) in [6.45, 7) is 9.63. The molecule has 10 heteroatoms. The van der Waals surface area contributed by atoms with Crippen molar-refractivity contribution >= 4 is 5.97 Å². The van der Waals surface area contributed by atoms with Gasteiger partial charge in [-0.05, 0) is 83.3 Å². The van der Waals surface area contributed by atoms with E-state index in [1.54, 1.807) is 36.7 Å². The number of nitrogens with zero attached hydrogens (tertiary/aromatic N) is 6. The van der Waals surface area contributed by atoms with Gasteiger partial charge in [0.2, 0.25) is 0 Å². The lowest BCUT2D eigenvalue weighted by molar-refractivity contribution is -0.155. The normalized spacial score (nSPS) is 15.9. The van der Waals surface area contributed by atoms with Crippen molar-refractivity contribution in [1.29, 1.82) is 5.26 Å². The van der Waals surface area contributed by atoms with Crippen LogP contribution in [0.25, 0.3) is 22.6 Å². The van der Waals surface area contributed by atoms with Gasteiger partial charge in [0.15, 0.2) is 11.6 Å². The first kappa shape index (κ1) is 33.5. The molecule has 244 valence electrons. The Balaban J connectivity index is 1.20. The molecule has 0 aliphatic carbocycles. The van der Waals surface area contributed by atoms with Crippen LogP contribution >= 0.6 is 0 Å². The number of hydrogen-bond acceptors (Lipinski definition) is 9. The second-order valence-electron chi connectivity index (χ2n) is 13.0. The van der Waals surface area contributed by atoms with Gasteiger partial charge in [0, 0.05) is 35.7 Å². The molecule has 0 N–H and O–H groups in total. The monoisotopic (exact) mass is 634 g/mol. The zero-order chi connectivity index (χ0) is 33.4. The Morgan fingerprint density at radius 1 is 1.04 bits per heavy atom. The van der Waals surface area contributed by atoms with Gasteiger partial charge in [0.25, 0.3) is 5.56 Å². The fourth-order valence-corrected chi connectivity index (χ4v) is 5.85. The highest BCUT2D eigenvalue weighted by Crippen LogP contribution is 2.24. The second kappa shape index (κ2) is 15.1. The Labute approximate surface area is 276 Å². The molecule has 10 nitrogen and oxygen atoms in total. The van der Waals surface area contributed by atoms with Crippen molar-refractivity contribution in [2.45, 2.75) is 84.0 Å². The Morgan fingerprint density at radius 2 is 1.81 bits per heavy atom. The summed E-state index contributed by atoms with van der Waals surface area (Å²) in [4.78, 5) is 36.5. The van der Waals surface area contributed by atoms with Crippen LogP contribution in [0.1, 0.15) is 70.9 Å². The van der Waals surface area contributed by atoms with E-state index in [9.17, 15) is 14.9 Å². The van der Waals surface area contributed by atoms with Crippen molar-refractivity contribution < 1.29 is 14.3 Å². The molecule has 3 heterocycles. The van der Waals surface area contributed by atoms with Gasteiger partial charge in [0.05, 0.1) is 36.3 Å². The van der Waals surface area contributed by atoms with Gasteiger partial charge in [-0.25, -0.2) is 14.6 Å². The average Bonchev–Trinajstić information content (AvgIpc) is 3.07. The fraction of sp³-hybridized carbons (Fsp3) is 0.405. The number of benzene rings is 2. The van der Waals surface area contributed by atoms with Crippen molar-refractivity contribution in [1.82, 2.24) is 24.6 Å². The first-order chi connectivity index (χ1) is 22.6. The standard InChI is InChI=1S/C37H42N6O4/c1-26(14-17-35(45)47-37(2,3)4)42-18-6-5-13-31(42)25-46-32-22-39-36(40-23-32)30-12-8-10-28(20-30)24-43-34(44)16-15-33(41-43)29-11-7-9-27(19-29)21-38/h7-12,15-16,19-20,22-23,26,31H,5-6,13-14,17-18,24-25H2,1-4H3. The predicted octanol–water partition coefficient (Wildman–Crippen LogP) is 6.03. The highest BCUT2D eigenvalue weighted by Gasteiger charge is 2.28. The fourth-order valence-electron chi connectivity index (χ4n) is 5.85. The van der Waals surface area contributed by atoms with E-state index in [2.05, 4.69) is 33.0 Å². The maximum atomic E-state index is 12.6. The van der Waals surface area contributed by atoms with E-state index in [-0.39, 0.29) is 30.2 Å². The number of piperidine rings is 1. The summed E-state index contributed by atoms with van der Waals surface area (Å²) in [7, 11) is 0. The van der Waals surface area contributed by atoms with Crippen LogP contribution in [0.4, 0.5) is 0 Å². The van der Waals surface area contributed by atoms with E-state index in [1.807, 2.05) is 51.1 Å². The Hall–Kier alpha value is -4.88. The lowest BCUT2D eigenvalue weighted by atomic mass is 9.99. The van der Waals surface area contributed by atoms with Crippen molar-refractivity contribution in [2.75, 3.05) is 13.2 Å². The summed E-state index contributed by atoms with van der Waals surface area (Å²) in [5.74, 6) is 0.997. The molecular formula is C37H42N6O4. The summed E-state index contributed by atoms with van der Waals surface area (Å²) in [5, 5.41) is 13.8. The Bertz CT molecular complexity index is 1770. The van der Waals surface area contributed by atoms with Gasteiger partial charge in [-0.3, -0.25) is 14.5 Å². The Morgan fingerprint density at radius 3 is 2.57 bits per heavy atom. The molecule has 2 unspecified atom stereocenters. The SMILES string of the molecule is CC(CCC(=O)OC(C)(C)C)N1CCCCC1COc1cnc(-c2cccc(Cn3nc(-c4cccc(C#N)c4)ccc3=O)c2)nc1. The summed E-state index contributed by atoms with van der Waals surface area (Å²) in [5.41, 5.74) is 2.92. The van der Waals surface area contributed by atoms with E-state index in [1.165, 1.54) is 10.7 Å². The van der Waals surface area contributed by atoms with Crippen molar-refractivity contribution in [3.8, 4) is 34.5 Å². The quantitative estimate of drug-likeness (QED) is 0.182. The molecule has 1 saturated heterocycles. The minimum atomic E-state index is -0.471. The molecule has 0 amide bonds. The van der Waals surface area contributed by atoms with Crippen LogP contribution in [-0.4, -0.2) is 61.5 Å². The number of rotatable bonds is 11. The predicted molar refractivity (Wildman–Crippen MR) is 180 cm³/mol. The summed E-state index contributed by atoms with van der Waals surface area (Å²) < 4.78 is 13.1. The zero-order valence-electron chi connectivity index (χ0n) is 27.6. The third-order valence-corrected chi connectivity index (χ3v) is 8.17. The second-order valence-corrected chi connectivity index (χ2v) is 13.0. The number of carbonyl (C=O) groups is 1. The first-order valence-corrected chi connectivity index (χ1v) is 16.2. The summed E-state index contributed by atoms with van der Waals surface area (Å²) >= 11 is 0. The number of ether oxygens (including phenoxy) is 2. The maximum Gasteiger partial charge on any atom is 0.306 e. The molecule has 1 aliphatic heterocycles. The third-order valence-electron chi connectivity index (χ3n) is 8.17. The number of hydrogen-bond donors (Lipinski definition) is 0. The zero-order valence-corrected chi connectivity index (χ0v) is 27.6. The van der Waals surface area contributed by atoms with Crippen molar-refractivity contribution in [2.24, 2.45) is 0 Å². The molecule has 2 aromatic carbocycles. The molecule has 47 heavy (non-hydrogen) atoms. The highest BCUT2D eigenvalue weighted by atomic mass is 16.6. The third kappa shape index (κ3) is 9.33. The van der Waals surface area contributed by atoms with E-state index >= 15 is 0 Å². The van der Waals surface area contributed by atoms with Gasteiger partial charge in [0.1, 0.15) is 12.2 Å². The molecule has 4 aromatic rings. The molecular weight excluding hydrogens is 592 g/mol. The van der Waals surface area contributed by atoms with Crippen LogP contribution in [0, 0.1) is 11.3 Å². The molecule has 2 aromatic heterocycles. The lowest BCUT2D eigenvalue weighted by Gasteiger charge is -2.39. The molecule has 0 spiro atoms. The van der Waals surface area contributed by atoms with Crippen LogP contribution in [0.2, 0.25) is 0 Å². The summed E-state index contributed by atoms with van der Waals surface area (Å²) in [6, 6.07) is 20.7. The van der Waals surface area contributed by atoms with E-state index < -0.39 is 5.60 Å². The van der Waals surface area contributed by atoms with E-state index in [0.717, 1.165) is 48.9 Å². The molecule has 5 rings (SSSR count). The van der Waals surface area contributed by atoms with Gasteiger partial charge >= 0.3 is 5.97 Å². The lowest BCUT2D eigenvalue weighted by Crippen LogP contribution is -2.48. The number of aromatic nitrogens is 4. The van der Waals surface area contributed by atoms with E-state index in [4.69, 9.17) is 9.47 Å². The topological polar surface area (TPSA) is 123 Å². The van der Waals surface area contributed by atoms with Crippen LogP contribution in [0.5, 0.6) is 5.75 Å². The van der Waals surface area contributed by atoms with Crippen LogP contribution in [0.3, 0.4) is 0 Å². The van der Waals surface area contributed by atoms with Gasteiger partial charge < -0.3 is 9.47 Å². The minimum absolute atomic E-state index is 0.157. The molecule has 1 fully saturated rings. The molecule has 0 radical (unpaired) electrons. The molecule has 0 saturated carbocycles. The van der Waals surface area contributed by atoms with Gasteiger partial charge in [-0.1, -0.05) is 36.8 Å². The van der Waals surface area contributed by atoms with Gasteiger partial charge in [-0.2, -0.15) is 10.4 Å². The number of esters is 1. The highest BCUT2D eigenvalue weighted by molar-refractivity contribution is 5.69. The Kier molecular flexibility index (Phi) is 10.8. The molecule has 1 aliphatic rings. The van der Waals surface area contributed by atoms with Crippen LogP contribution in [-0.2, 0) is 16.1 Å². The first-order valence-electron chi connectivity index (χ1n) is 16.2. The average molecular weight is 635 g/mol. The smallest absolute Gasteiger partial charge is 0.306 e. The number of carbonyl (C=O) groups excluding carboxylic acids is 1. The summed E-state index contributed by atoms with van der Waals surface area (Å²) in [6.07, 6.45) is 7.85. The van der Waals surface area contributed by atoms with Crippen molar-refractivity contribution in [3.63, 3.8) is 0 Å². The van der Waals surface area contributed by atoms with E-state index in [0.29, 0.717) is 35.9 Å². The number of likely N-dealkylation sites (tertiary alicyclic amines) is 1. The minimum Gasteiger partial charge on any atom is -0.489 e. The molecule has 2 atom stereocenters. The maximum absolute atomic E-state index is 12.6.